The van der Waals surface area contributed by atoms with E-state index in [1.165, 1.54) is 0 Å². The smallest absolute Gasteiger partial charge is 0.180 e. The highest BCUT2D eigenvalue weighted by atomic mass is 15.1. The molecule has 0 amide bonds. The molecular weight excluding hydrogens is 296 g/mol. The molecule has 2 heterocycles. The van der Waals surface area contributed by atoms with E-state index in [0.29, 0.717) is 5.82 Å². The van der Waals surface area contributed by atoms with Gasteiger partial charge in [0.05, 0.1) is 5.52 Å². The molecule has 2 aromatic heterocycles. The number of nitrogens with zero attached hydrogens (tertiary/aromatic N) is 3. The van der Waals surface area contributed by atoms with Gasteiger partial charge < -0.3 is 10.3 Å². The Labute approximate surface area is 144 Å². The van der Waals surface area contributed by atoms with Crippen LogP contribution < -0.4 is 5.73 Å². The van der Waals surface area contributed by atoms with Gasteiger partial charge in [-0.15, -0.1) is 0 Å². The Hall–Kier alpha value is -2.10. The minimum absolute atomic E-state index is 0.156. The fourth-order valence-electron chi connectivity index (χ4n) is 3.17. The number of hydrogen-bond acceptors (Lipinski definition) is 3. The molecule has 0 fully saturated rings. The van der Waals surface area contributed by atoms with Crippen molar-refractivity contribution in [1.82, 2.24) is 14.5 Å². The second kappa shape index (κ2) is 5.47. The van der Waals surface area contributed by atoms with Crippen LogP contribution >= 0.6 is 0 Å². The summed E-state index contributed by atoms with van der Waals surface area (Å²) in [6.45, 7) is 14.4. The van der Waals surface area contributed by atoms with Gasteiger partial charge in [0.1, 0.15) is 11.6 Å². The zero-order valence-corrected chi connectivity index (χ0v) is 15.6. The van der Waals surface area contributed by atoms with Crippen LogP contribution in [0.25, 0.3) is 21.9 Å². The summed E-state index contributed by atoms with van der Waals surface area (Å²) in [4.78, 5) is 9.46. The highest BCUT2D eigenvalue weighted by molar-refractivity contribution is 6.07. The molecule has 128 valence electrons. The molecule has 0 radical (unpaired) electrons. The standard InChI is InChI=1S/C20H28N4/c1-19(2,3)11-15-22-18-16(24(15)12-20(4,5)6)13-9-7-8-10-14(13)17(21)23-18/h7-10H,11-12H2,1-6H3,(H2,21,23). The van der Waals surface area contributed by atoms with Gasteiger partial charge in [-0.2, -0.15) is 0 Å². The van der Waals surface area contributed by atoms with Crippen LogP contribution in [-0.4, -0.2) is 14.5 Å². The maximum absolute atomic E-state index is 6.18. The molecule has 0 atom stereocenters. The number of nitrogens with two attached hydrogens (primary N) is 1. The predicted molar refractivity (Wildman–Crippen MR) is 102 cm³/mol. The average molecular weight is 324 g/mol. The van der Waals surface area contributed by atoms with Crippen LogP contribution in [0.5, 0.6) is 0 Å². The van der Waals surface area contributed by atoms with E-state index in [-0.39, 0.29) is 10.8 Å². The van der Waals surface area contributed by atoms with Crippen LogP contribution in [0.3, 0.4) is 0 Å². The number of aromatic nitrogens is 3. The molecule has 0 unspecified atom stereocenters. The normalized spacial score (nSPS) is 13.1. The first-order valence-electron chi connectivity index (χ1n) is 8.58. The summed E-state index contributed by atoms with van der Waals surface area (Å²) in [6.07, 6.45) is 0.910. The quantitative estimate of drug-likeness (QED) is 0.736. The van der Waals surface area contributed by atoms with E-state index in [4.69, 9.17) is 10.7 Å². The number of fused-ring (bicyclic) bond motifs is 3. The SMILES string of the molecule is CC(C)(C)Cc1nc2nc(N)c3ccccc3c2n1CC(C)(C)C. The summed E-state index contributed by atoms with van der Waals surface area (Å²) in [5.41, 5.74) is 8.36. The maximum atomic E-state index is 6.18. The lowest BCUT2D eigenvalue weighted by atomic mass is 9.91. The molecule has 24 heavy (non-hydrogen) atoms. The fraction of sp³-hybridized carbons (Fsp3) is 0.500. The van der Waals surface area contributed by atoms with Crippen molar-refractivity contribution in [2.24, 2.45) is 10.8 Å². The Morgan fingerprint density at radius 3 is 2.12 bits per heavy atom. The summed E-state index contributed by atoms with van der Waals surface area (Å²) in [7, 11) is 0. The van der Waals surface area contributed by atoms with Crippen LogP contribution in [0.2, 0.25) is 0 Å². The van der Waals surface area contributed by atoms with E-state index in [0.717, 1.165) is 40.7 Å². The Morgan fingerprint density at radius 2 is 1.54 bits per heavy atom. The predicted octanol–water partition coefficient (Wildman–Crippen LogP) is 4.80. The fourth-order valence-corrected chi connectivity index (χ4v) is 3.17. The van der Waals surface area contributed by atoms with E-state index < -0.39 is 0 Å². The summed E-state index contributed by atoms with van der Waals surface area (Å²) in [5.74, 6) is 1.65. The summed E-state index contributed by atoms with van der Waals surface area (Å²) < 4.78 is 2.36. The van der Waals surface area contributed by atoms with Gasteiger partial charge in [-0.1, -0.05) is 65.8 Å². The van der Waals surface area contributed by atoms with Crippen LogP contribution in [0.15, 0.2) is 24.3 Å². The Kier molecular flexibility index (Phi) is 3.82. The van der Waals surface area contributed by atoms with Gasteiger partial charge in [0.15, 0.2) is 5.65 Å². The van der Waals surface area contributed by atoms with Gasteiger partial charge in [-0.25, -0.2) is 9.97 Å². The summed E-state index contributed by atoms with van der Waals surface area (Å²) in [6, 6.07) is 8.22. The monoisotopic (exact) mass is 324 g/mol. The first kappa shape index (κ1) is 16.7. The molecule has 0 aliphatic carbocycles. The molecule has 3 aromatic rings. The van der Waals surface area contributed by atoms with E-state index >= 15 is 0 Å². The maximum Gasteiger partial charge on any atom is 0.180 e. The molecular formula is C20H28N4. The molecule has 0 aliphatic heterocycles. The van der Waals surface area contributed by atoms with Crippen molar-refractivity contribution >= 4 is 27.8 Å². The zero-order chi connectivity index (χ0) is 17.7. The lowest BCUT2D eigenvalue weighted by molar-refractivity contribution is 0.328. The summed E-state index contributed by atoms with van der Waals surface area (Å²) >= 11 is 0. The van der Waals surface area contributed by atoms with Crippen molar-refractivity contribution in [2.45, 2.75) is 54.5 Å². The first-order valence-corrected chi connectivity index (χ1v) is 8.58. The minimum atomic E-state index is 0.156. The van der Waals surface area contributed by atoms with E-state index in [2.05, 4.69) is 63.2 Å². The van der Waals surface area contributed by atoms with Gasteiger partial charge >= 0.3 is 0 Å². The highest BCUT2D eigenvalue weighted by Gasteiger charge is 2.23. The molecule has 0 spiro atoms. The number of pyridine rings is 1. The lowest BCUT2D eigenvalue weighted by Gasteiger charge is -2.24. The van der Waals surface area contributed by atoms with Crippen molar-refractivity contribution in [3.8, 4) is 0 Å². The average Bonchev–Trinajstić information content (AvgIpc) is 2.73. The van der Waals surface area contributed by atoms with Gasteiger partial charge in [-0.3, -0.25) is 0 Å². The van der Waals surface area contributed by atoms with E-state index in [9.17, 15) is 0 Å². The Balaban J connectivity index is 2.35. The van der Waals surface area contributed by atoms with E-state index in [1.807, 2.05) is 12.1 Å². The third kappa shape index (κ3) is 3.23. The van der Waals surface area contributed by atoms with Crippen LogP contribution in [0.1, 0.15) is 47.4 Å². The van der Waals surface area contributed by atoms with Crippen molar-refractivity contribution in [1.29, 1.82) is 0 Å². The molecule has 2 N–H and O–H groups in total. The van der Waals surface area contributed by atoms with Gasteiger partial charge in [-0.05, 0) is 10.8 Å². The molecule has 4 nitrogen and oxygen atoms in total. The minimum Gasteiger partial charge on any atom is -0.383 e. The molecule has 1 aromatic carbocycles. The van der Waals surface area contributed by atoms with Crippen molar-refractivity contribution in [2.75, 3.05) is 5.73 Å². The zero-order valence-electron chi connectivity index (χ0n) is 15.6. The van der Waals surface area contributed by atoms with E-state index in [1.54, 1.807) is 0 Å². The number of benzene rings is 1. The van der Waals surface area contributed by atoms with Gasteiger partial charge in [0.2, 0.25) is 0 Å². The Morgan fingerprint density at radius 1 is 0.917 bits per heavy atom. The molecule has 0 saturated heterocycles. The molecule has 0 saturated carbocycles. The second-order valence-electron chi connectivity index (χ2n) is 9.13. The topological polar surface area (TPSA) is 56.7 Å². The Bertz CT molecular complexity index is 892. The van der Waals surface area contributed by atoms with Gasteiger partial charge in [0, 0.05) is 23.7 Å². The molecule has 0 bridgehead atoms. The van der Waals surface area contributed by atoms with Crippen LogP contribution in [0, 0.1) is 10.8 Å². The lowest BCUT2D eigenvalue weighted by Crippen LogP contribution is -2.20. The van der Waals surface area contributed by atoms with Crippen molar-refractivity contribution in [3.63, 3.8) is 0 Å². The molecule has 4 heteroatoms. The van der Waals surface area contributed by atoms with Crippen molar-refractivity contribution < 1.29 is 0 Å². The van der Waals surface area contributed by atoms with Crippen LogP contribution in [0.4, 0.5) is 5.82 Å². The second-order valence-corrected chi connectivity index (χ2v) is 9.13. The first-order chi connectivity index (χ1) is 11.1. The third-order valence-electron chi connectivity index (χ3n) is 4.03. The largest absolute Gasteiger partial charge is 0.383 e. The summed E-state index contributed by atoms with van der Waals surface area (Å²) in [5, 5.41) is 2.14. The number of anilines is 1. The third-order valence-corrected chi connectivity index (χ3v) is 4.03. The number of nitrogen functional groups attached to an aromatic ring is 1. The number of hydrogen-bond donors (Lipinski definition) is 1. The number of imidazole rings is 1. The molecule has 3 rings (SSSR count). The molecule has 0 aliphatic rings. The van der Waals surface area contributed by atoms with Gasteiger partial charge in [0.25, 0.3) is 0 Å². The highest BCUT2D eigenvalue weighted by Crippen LogP contribution is 2.32. The van der Waals surface area contributed by atoms with Crippen molar-refractivity contribution in [3.05, 3.63) is 30.1 Å². The van der Waals surface area contributed by atoms with Crippen LogP contribution in [-0.2, 0) is 13.0 Å². The number of rotatable bonds is 2.